The standard InChI is InChI=1S/C19H23N3O/c1-23-18-9-7-17(8-10-18)21-22-19(15-5-3-2-4-6-15)16-11-13-20-14-12-16/h2-10,16,20-21H,11-14H2,1H3/b22-19+. The Hall–Kier alpha value is -2.33. The number of nitrogens with zero attached hydrogens (tertiary/aromatic N) is 1. The van der Waals surface area contributed by atoms with Crippen LogP contribution in [0.15, 0.2) is 59.7 Å². The molecular weight excluding hydrogens is 286 g/mol. The van der Waals surface area contributed by atoms with Crippen LogP contribution in [0.5, 0.6) is 5.75 Å². The van der Waals surface area contributed by atoms with Crippen LogP contribution < -0.4 is 15.5 Å². The molecule has 4 nitrogen and oxygen atoms in total. The third kappa shape index (κ3) is 4.11. The van der Waals surface area contributed by atoms with E-state index in [9.17, 15) is 0 Å². The summed E-state index contributed by atoms with van der Waals surface area (Å²) in [6, 6.07) is 18.3. The molecule has 0 amide bonds. The molecule has 3 rings (SSSR count). The molecule has 0 aliphatic carbocycles. The minimum Gasteiger partial charge on any atom is -0.497 e. The van der Waals surface area contributed by atoms with Gasteiger partial charge in [0.25, 0.3) is 0 Å². The van der Waals surface area contributed by atoms with Crippen molar-refractivity contribution in [2.75, 3.05) is 25.6 Å². The van der Waals surface area contributed by atoms with Crippen molar-refractivity contribution in [3.05, 3.63) is 60.2 Å². The maximum absolute atomic E-state index is 5.19. The van der Waals surface area contributed by atoms with Gasteiger partial charge in [0.15, 0.2) is 0 Å². The van der Waals surface area contributed by atoms with Gasteiger partial charge in [-0.05, 0) is 55.8 Å². The van der Waals surface area contributed by atoms with Crippen molar-refractivity contribution in [3.8, 4) is 5.75 Å². The lowest BCUT2D eigenvalue weighted by Crippen LogP contribution is -2.32. The van der Waals surface area contributed by atoms with Crippen LogP contribution in [-0.4, -0.2) is 25.9 Å². The number of hydrogen-bond acceptors (Lipinski definition) is 4. The highest BCUT2D eigenvalue weighted by Gasteiger charge is 2.20. The molecule has 1 saturated heterocycles. The van der Waals surface area contributed by atoms with Gasteiger partial charge in [-0.15, -0.1) is 0 Å². The van der Waals surface area contributed by atoms with Crippen LogP contribution in [-0.2, 0) is 0 Å². The number of rotatable bonds is 5. The summed E-state index contributed by atoms with van der Waals surface area (Å²) in [6.45, 7) is 2.11. The SMILES string of the molecule is COc1ccc(N/N=C(\c2ccccc2)C2CCNCC2)cc1. The topological polar surface area (TPSA) is 45.6 Å². The number of benzene rings is 2. The molecule has 1 aliphatic heterocycles. The molecule has 2 N–H and O–H groups in total. The maximum atomic E-state index is 5.19. The Kier molecular flexibility index (Phi) is 5.27. The molecule has 23 heavy (non-hydrogen) atoms. The van der Waals surface area contributed by atoms with Gasteiger partial charge >= 0.3 is 0 Å². The van der Waals surface area contributed by atoms with Gasteiger partial charge in [-0.1, -0.05) is 30.3 Å². The van der Waals surface area contributed by atoms with Gasteiger partial charge < -0.3 is 10.1 Å². The zero-order valence-electron chi connectivity index (χ0n) is 13.5. The first-order valence-electron chi connectivity index (χ1n) is 8.10. The smallest absolute Gasteiger partial charge is 0.119 e. The lowest BCUT2D eigenvalue weighted by atomic mass is 9.89. The summed E-state index contributed by atoms with van der Waals surface area (Å²) in [6.07, 6.45) is 2.25. The number of nitrogens with one attached hydrogen (secondary N) is 2. The van der Waals surface area contributed by atoms with Gasteiger partial charge in [-0.25, -0.2) is 0 Å². The fourth-order valence-corrected chi connectivity index (χ4v) is 2.89. The summed E-state index contributed by atoms with van der Waals surface area (Å²) in [5, 5.41) is 8.16. The molecular formula is C19H23N3O. The van der Waals surface area contributed by atoms with Crippen LogP contribution in [0, 0.1) is 5.92 Å². The van der Waals surface area contributed by atoms with Crippen LogP contribution in [0.1, 0.15) is 18.4 Å². The normalized spacial score (nSPS) is 16.1. The third-order valence-corrected chi connectivity index (χ3v) is 4.19. The zero-order valence-corrected chi connectivity index (χ0v) is 13.5. The minimum absolute atomic E-state index is 0.490. The predicted octanol–water partition coefficient (Wildman–Crippen LogP) is 3.51. The number of hydrazone groups is 1. The number of ether oxygens (including phenoxy) is 1. The number of piperidine rings is 1. The van der Waals surface area contributed by atoms with E-state index < -0.39 is 0 Å². The highest BCUT2D eigenvalue weighted by molar-refractivity contribution is 6.02. The fourth-order valence-electron chi connectivity index (χ4n) is 2.89. The van der Waals surface area contributed by atoms with Crippen LogP contribution in [0.2, 0.25) is 0 Å². The van der Waals surface area contributed by atoms with E-state index in [0.29, 0.717) is 5.92 Å². The lowest BCUT2D eigenvalue weighted by Gasteiger charge is -2.24. The molecule has 0 spiro atoms. The summed E-state index contributed by atoms with van der Waals surface area (Å²) in [7, 11) is 1.67. The molecule has 0 radical (unpaired) electrons. The van der Waals surface area contributed by atoms with E-state index in [0.717, 1.165) is 43.1 Å². The van der Waals surface area contributed by atoms with Gasteiger partial charge in [-0.2, -0.15) is 5.10 Å². The van der Waals surface area contributed by atoms with Gasteiger partial charge in [-0.3, -0.25) is 5.43 Å². The second kappa shape index (κ2) is 7.79. The molecule has 0 aromatic heterocycles. The Bertz CT molecular complexity index is 631. The summed E-state index contributed by atoms with van der Waals surface area (Å²) in [4.78, 5) is 0. The molecule has 0 bridgehead atoms. The van der Waals surface area contributed by atoms with Crippen LogP contribution in [0.25, 0.3) is 0 Å². The van der Waals surface area contributed by atoms with Crippen molar-refractivity contribution in [1.82, 2.24) is 5.32 Å². The van der Waals surface area contributed by atoms with Crippen molar-refractivity contribution < 1.29 is 4.74 Å². The second-order valence-electron chi connectivity index (χ2n) is 5.73. The van der Waals surface area contributed by atoms with E-state index in [1.807, 2.05) is 30.3 Å². The van der Waals surface area contributed by atoms with E-state index in [1.54, 1.807) is 7.11 Å². The summed E-state index contributed by atoms with van der Waals surface area (Å²) >= 11 is 0. The first-order valence-corrected chi connectivity index (χ1v) is 8.10. The highest BCUT2D eigenvalue weighted by Crippen LogP contribution is 2.20. The molecule has 120 valence electrons. The maximum Gasteiger partial charge on any atom is 0.119 e. The monoisotopic (exact) mass is 309 g/mol. The van der Waals surface area contributed by atoms with Gasteiger partial charge in [0.05, 0.1) is 18.5 Å². The van der Waals surface area contributed by atoms with Crippen molar-refractivity contribution in [2.45, 2.75) is 12.8 Å². The quantitative estimate of drug-likeness (QED) is 0.656. The van der Waals surface area contributed by atoms with Crippen LogP contribution in [0.3, 0.4) is 0 Å². The number of hydrogen-bond donors (Lipinski definition) is 2. The molecule has 1 heterocycles. The molecule has 1 fully saturated rings. The Morgan fingerprint density at radius 1 is 1.04 bits per heavy atom. The molecule has 0 saturated carbocycles. The predicted molar refractivity (Wildman–Crippen MR) is 95.2 cm³/mol. The Balaban J connectivity index is 1.81. The summed E-state index contributed by atoms with van der Waals surface area (Å²) in [5.41, 5.74) is 6.51. The van der Waals surface area contributed by atoms with E-state index >= 15 is 0 Å². The Morgan fingerprint density at radius 3 is 2.39 bits per heavy atom. The van der Waals surface area contributed by atoms with E-state index in [-0.39, 0.29) is 0 Å². The average Bonchev–Trinajstić information content (AvgIpc) is 2.64. The summed E-state index contributed by atoms with van der Waals surface area (Å²) < 4.78 is 5.19. The van der Waals surface area contributed by atoms with Gasteiger partial charge in [0, 0.05) is 5.92 Å². The molecule has 4 heteroatoms. The highest BCUT2D eigenvalue weighted by atomic mass is 16.5. The van der Waals surface area contributed by atoms with Crippen molar-refractivity contribution in [1.29, 1.82) is 0 Å². The average molecular weight is 309 g/mol. The molecule has 0 unspecified atom stereocenters. The first-order chi connectivity index (χ1) is 11.4. The van der Waals surface area contributed by atoms with Crippen molar-refractivity contribution in [2.24, 2.45) is 11.0 Å². The van der Waals surface area contributed by atoms with Crippen LogP contribution >= 0.6 is 0 Å². The van der Waals surface area contributed by atoms with E-state index in [2.05, 4.69) is 35.0 Å². The Morgan fingerprint density at radius 2 is 1.74 bits per heavy atom. The van der Waals surface area contributed by atoms with E-state index in [4.69, 9.17) is 9.84 Å². The molecule has 2 aromatic carbocycles. The first kappa shape index (κ1) is 15.6. The van der Waals surface area contributed by atoms with Crippen LogP contribution in [0.4, 0.5) is 5.69 Å². The van der Waals surface area contributed by atoms with Crippen molar-refractivity contribution >= 4 is 11.4 Å². The number of anilines is 1. The third-order valence-electron chi connectivity index (χ3n) is 4.19. The molecule has 2 aromatic rings. The summed E-state index contributed by atoms with van der Waals surface area (Å²) in [5.74, 6) is 1.34. The van der Waals surface area contributed by atoms with E-state index in [1.165, 1.54) is 5.56 Å². The fraction of sp³-hybridized carbons (Fsp3) is 0.316. The van der Waals surface area contributed by atoms with Gasteiger partial charge in [0.2, 0.25) is 0 Å². The molecule has 0 atom stereocenters. The lowest BCUT2D eigenvalue weighted by molar-refractivity contribution is 0.415. The van der Waals surface area contributed by atoms with Crippen molar-refractivity contribution in [3.63, 3.8) is 0 Å². The largest absolute Gasteiger partial charge is 0.497 e. The minimum atomic E-state index is 0.490. The number of methoxy groups -OCH3 is 1. The van der Waals surface area contributed by atoms with Gasteiger partial charge in [0.1, 0.15) is 5.75 Å². The second-order valence-corrected chi connectivity index (χ2v) is 5.73. The Labute approximate surface area is 137 Å². The molecule has 1 aliphatic rings. The zero-order chi connectivity index (χ0) is 15.9.